The van der Waals surface area contributed by atoms with Crippen molar-refractivity contribution in [2.45, 2.75) is 6.54 Å². The highest BCUT2D eigenvalue weighted by molar-refractivity contribution is 9.10. The number of nitrogens with zero attached hydrogens (tertiary/aromatic N) is 2. The molecule has 24 heavy (non-hydrogen) atoms. The maximum Gasteiger partial charge on any atom is 0.255 e. The van der Waals surface area contributed by atoms with Crippen molar-refractivity contribution < 1.29 is 9.53 Å². The number of amides is 1. The van der Waals surface area contributed by atoms with Crippen LogP contribution in [0.2, 0.25) is 0 Å². The minimum atomic E-state index is -0.501. The molecule has 0 aliphatic carbocycles. The fraction of sp³-hybridized carbons (Fsp3) is 0.118. The summed E-state index contributed by atoms with van der Waals surface area (Å²) in [5, 5.41) is 3.35. The Morgan fingerprint density at radius 1 is 1.25 bits per heavy atom. The van der Waals surface area contributed by atoms with Crippen molar-refractivity contribution in [1.29, 1.82) is 0 Å². The van der Waals surface area contributed by atoms with Crippen LogP contribution < -0.4 is 15.8 Å². The molecule has 3 aromatic rings. The Labute approximate surface area is 147 Å². The van der Waals surface area contributed by atoms with E-state index in [-0.39, 0.29) is 6.61 Å². The van der Waals surface area contributed by atoms with Crippen LogP contribution in [0.25, 0.3) is 11.0 Å². The number of halogens is 1. The van der Waals surface area contributed by atoms with E-state index in [0.29, 0.717) is 12.3 Å². The molecule has 0 aliphatic heterocycles. The standard InChI is InChI=1S/C17H15BrN4O2/c18-12-7-15-17(22-9-12)14(4-5-20-15)21-8-11-2-1-3-13(6-11)24-10-16(19)23/h1-7,9H,8,10H2,(H2,19,23)(H,20,21). The summed E-state index contributed by atoms with van der Waals surface area (Å²) in [7, 11) is 0. The number of primary amides is 1. The van der Waals surface area contributed by atoms with Crippen molar-refractivity contribution in [3.63, 3.8) is 0 Å². The van der Waals surface area contributed by atoms with E-state index < -0.39 is 5.91 Å². The van der Waals surface area contributed by atoms with Gasteiger partial charge in [-0.05, 0) is 45.8 Å². The number of nitrogens with one attached hydrogen (secondary N) is 1. The van der Waals surface area contributed by atoms with Crippen molar-refractivity contribution in [2.24, 2.45) is 5.73 Å². The fourth-order valence-electron chi connectivity index (χ4n) is 2.25. The number of carbonyl (C=O) groups is 1. The average Bonchev–Trinajstić information content (AvgIpc) is 2.58. The molecule has 2 heterocycles. The highest BCUT2D eigenvalue weighted by atomic mass is 79.9. The van der Waals surface area contributed by atoms with Crippen LogP contribution in [-0.4, -0.2) is 22.5 Å². The lowest BCUT2D eigenvalue weighted by Gasteiger charge is -2.10. The molecule has 0 spiro atoms. The second-order valence-corrected chi connectivity index (χ2v) is 6.05. The van der Waals surface area contributed by atoms with E-state index >= 15 is 0 Å². The van der Waals surface area contributed by atoms with E-state index in [1.165, 1.54) is 0 Å². The molecule has 0 saturated heterocycles. The van der Waals surface area contributed by atoms with Crippen LogP contribution in [-0.2, 0) is 11.3 Å². The van der Waals surface area contributed by atoms with Gasteiger partial charge in [0.15, 0.2) is 6.61 Å². The molecule has 0 unspecified atom stereocenters. The smallest absolute Gasteiger partial charge is 0.255 e. The zero-order valence-electron chi connectivity index (χ0n) is 12.7. The molecule has 0 radical (unpaired) electrons. The first-order valence-corrected chi connectivity index (χ1v) is 8.05. The highest BCUT2D eigenvalue weighted by Gasteiger charge is 2.05. The van der Waals surface area contributed by atoms with Crippen molar-refractivity contribution in [2.75, 3.05) is 11.9 Å². The molecular weight excluding hydrogens is 372 g/mol. The van der Waals surface area contributed by atoms with Gasteiger partial charge >= 0.3 is 0 Å². The third-order valence-corrected chi connectivity index (χ3v) is 3.74. The molecule has 6 nitrogen and oxygen atoms in total. The first-order valence-electron chi connectivity index (χ1n) is 7.26. The number of ether oxygens (including phenoxy) is 1. The van der Waals surface area contributed by atoms with E-state index in [2.05, 4.69) is 31.2 Å². The van der Waals surface area contributed by atoms with Gasteiger partial charge in [-0.25, -0.2) is 0 Å². The van der Waals surface area contributed by atoms with Gasteiger partial charge in [-0.1, -0.05) is 12.1 Å². The summed E-state index contributed by atoms with van der Waals surface area (Å²) < 4.78 is 6.20. The van der Waals surface area contributed by atoms with E-state index in [9.17, 15) is 4.79 Å². The highest BCUT2D eigenvalue weighted by Crippen LogP contribution is 2.23. The Morgan fingerprint density at radius 3 is 2.96 bits per heavy atom. The van der Waals surface area contributed by atoms with Gasteiger partial charge < -0.3 is 15.8 Å². The zero-order chi connectivity index (χ0) is 16.9. The van der Waals surface area contributed by atoms with E-state index in [1.54, 1.807) is 18.5 Å². The Kier molecular flexibility index (Phi) is 4.90. The predicted molar refractivity (Wildman–Crippen MR) is 95.7 cm³/mol. The van der Waals surface area contributed by atoms with Gasteiger partial charge in [-0.2, -0.15) is 0 Å². The average molecular weight is 387 g/mol. The Bertz CT molecular complexity index is 885. The van der Waals surface area contributed by atoms with Gasteiger partial charge in [0.1, 0.15) is 11.3 Å². The molecule has 7 heteroatoms. The molecule has 0 atom stereocenters. The summed E-state index contributed by atoms with van der Waals surface area (Å²) in [5.41, 5.74) is 8.62. The van der Waals surface area contributed by atoms with Gasteiger partial charge in [0, 0.05) is 23.4 Å². The number of rotatable bonds is 6. The zero-order valence-corrected chi connectivity index (χ0v) is 14.3. The molecule has 122 valence electrons. The summed E-state index contributed by atoms with van der Waals surface area (Å²) >= 11 is 3.40. The van der Waals surface area contributed by atoms with E-state index in [1.807, 2.05) is 30.3 Å². The first-order chi connectivity index (χ1) is 11.6. The van der Waals surface area contributed by atoms with E-state index in [0.717, 1.165) is 26.8 Å². The molecule has 1 amide bonds. The molecule has 2 aromatic heterocycles. The number of hydrogen-bond donors (Lipinski definition) is 2. The minimum Gasteiger partial charge on any atom is -0.484 e. The third kappa shape index (κ3) is 3.99. The summed E-state index contributed by atoms with van der Waals surface area (Å²) in [6.45, 7) is 0.454. The second-order valence-electron chi connectivity index (χ2n) is 5.14. The van der Waals surface area contributed by atoms with Crippen LogP contribution in [0, 0.1) is 0 Å². The number of fused-ring (bicyclic) bond motifs is 1. The van der Waals surface area contributed by atoms with Gasteiger partial charge in [-0.15, -0.1) is 0 Å². The number of benzene rings is 1. The van der Waals surface area contributed by atoms with Crippen molar-refractivity contribution >= 4 is 38.6 Å². The molecular formula is C17H15BrN4O2. The van der Waals surface area contributed by atoms with Crippen LogP contribution in [0.4, 0.5) is 5.69 Å². The largest absolute Gasteiger partial charge is 0.484 e. The molecule has 0 bridgehead atoms. The Balaban J connectivity index is 1.74. The van der Waals surface area contributed by atoms with E-state index in [4.69, 9.17) is 10.5 Å². The van der Waals surface area contributed by atoms with Gasteiger partial charge in [0.25, 0.3) is 5.91 Å². The van der Waals surface area contributed by atoms with Crippen molar-refractivity contribution in [3.05, 3.63) is 58.8 Å². The van der Waals surface area contributed by atoms with Crippen LogP contribution in [0.3, 0.4) is 0 Å². The van der Waals surface area contributed by atoms with Crippen LogP contribution in [0.5, 0.6) is 5.75 Å². The number of pyridine rings is 2. The topological polar surface area (TPSA) is 90.1 Å². The number of carbonyl (C=O) groups excluding carboxylic acids is 1. The third-order valence-electron chi connectivity index (χ3n) is 3.31. The molecule has 3 rings (SSSR count). The lowest BCUT2D eigenvalue weighted by atomic mass is 10.2. The fourth-order valence-corrected chi connectivity index (χ4v) is 2.56. The van der Waals surface area contributed by atoms with Crippen molar-refractivity contribution in [3.8, 4) is 5.75 Å². The molecule has 1 aromatic carbocycles. The van der Waals surface area contributed by atoms with Crippen LogP contribution in [0.1, 0.15) is 5.56 Å². The SMILES string of the molecule is NC(=O)COc1cccc(CNc2ccnc3cc(Br)cnc23)c1. The van der Waals surface area contributed by atoms with Gasteiger partial charge in [0.05, 0.1) is 11.2 Å². The maximum atomic E-state index is 10.8. The predicted octanol–water partition coefficient (Wildman–Crippen LogP) is 2.87. The number of aromatic nitrogens is 2. The summed E-state index contributed by atoms with van der Waals surface area (Å²) in [6, 6.07) is 11.3. The second kappa shape index (κ2) is 7.27. The Morgan fingerprint density at radius 2 is 2.12 bits per heavy atom. The molecule has 0 saturated carbocycles. The maximum absolute atomic E-state index is 10.8. The van der Waals surface area contributed by atoms with Crippen LogP contribution >= 0.6 is 15.9 Å². The monoisotopic (exact) mass is 386 g/mol. The summed E-state index contributed by atoms with van der Waals surface area (Å²) in [6.07, 6.45) is 3.48. The quantitative estimate of drug-likeness (QED) is 0.679. The molecule has 0 aliphatic rings. The lowest BCUT2D eigenvalue weighted by molar-refractivity contribution is -0.119. The molecule has 0 fully saturated rings. The number of anilines is 1. The van der Waals surface area contributed by atoms with Gasteiger partial charge in [0.2, 0.25) is 0 Å². The minimum absolute atomic E-state index is 0.134. The van der Waals surface area contributed by atoms with Crippen molar-refractivity contribution in [1.82, 2.24) is 9.97 Å². The van der Waals surface area contributed by atoms with Crippen LogP contribution in [0.15, 0.2) is 53.3 Å². The summed E-state index contributed by atoms with van der Waals surface area (Å²) in [5.74, 6) is 0.105. The Hall–Kier alpha value is -2.67. The number of hydrogen-bond acceptors (Lipinski definition) is 5. The number of nitrogens with two attached hydrogens (primary N) is 1. The molecule has 3 N–H and O–H groups in total. The first kappa shape index (κ1) is 16.2. The summed E-state index contributed by atoms with van der Waals surface area (Å²) in [4.78, 5) is 19.5. The van der Waals surface area contributed by atoms with Gasteiger partial charge in [-0.3, -0.25) is 14.8 Å². The lowest BCUT2D eigenvalue weighted by Crippen LogP contribution is -2.20. The normalized spacial score (nSPS) is 10.5.